The lowest BCUT2D eigenvalue weighted by Gasteiger charge is -2.16. The molecule has 0 spiro atoms. The quantitative estimate of drug-likeness (QED) is 0.641. The van der Waals surface area contributed by atoms with Crippen molar-refractivity contribution in [1.29, 1.82) is 0 Å². The minimum Gasteiger partial charge on any atom is -0.394 e. The molecule has 1 atom stereocenters. The fraction of sp³-hybridized carbons (Fsp3) is 0.636. The number of aliphatic hydroxyl groups excluding tert-OH is 1. The molecule has 0 saturated heterocycles. The zero-order valence-corrected chi connectivity index (χ0v) is 10.6. The number of ether oxygens (including phenoxy) is 1. The molecule has 0 aliphatic heterocycles. The van der Waals surface area contributed by atoms with Gasteiger partial charge >= 0.3 is 0 Å². The van der Waals surface area contributed by atoms with Gasteiger partial charge in [-0.05, 0) is 6.42 Å². The Morgan fingerprint density at radius 3 is 2.94 bits per heavy atom. The van der Waals surface area contributed by atoms with E-state index in [9.17, 15) is 4.39 Å². The number of aliphatic hydroxyl groups is 1. The molecular weight excluding hydrogens is 239 g/mol. The molecule has 18 heavy (non-hydrogen) atoms. The summed E-state index contributed by atoms with van der Waals surface area (Å²) in [4.78, 5) is 7.83. The molecule has 0 radical (unpaired) electrons. The summed E-state index contributed by atoms with van der Waals surface area (Å²) in [5.41, 5.74) is 0. The van der Waals surface area contributed by atoms with Crippen molar-refractivity contribution in [3.63, 3.8) is 0 Å². The van der Waals surface area contributed by atoms with Gasteiger partial charge in [0.1, 0.15) is 0 Å². The SMILES string of the molecule is CCCNc1ncc(F)c(NC(CO)COC)n1. The number of halogens is 1. The molecule has 1 rings (SSSR count). The molecule has 1 heterocycles. The number of aromatic nitrogens is 2. The Bertz CT molecular complexity index is 365. The Labute approximate surface area is 106 Å². The maximum Gasteiger partial charge on any atom is 0.224 e. The lowest BCUT2D eigenvalue weighted by molar-refractivity contribution is 0.153. The van der Waals surface area contributed by atoms with Crippen molar-refractivity contribution in [3.05, 3.63) is 12.0 Å². The van der Waals surface area contributed by atoms with E-state index in [1.807, 2.05) is 6.92 Å². The molecule has 0 bridgehead atoms. The van der Waals surface area contributed by atoms with Gasteiger partial charge in [0, 0.05) is 13.7 Å². The van der Waals surface area contributed by atoms with Gasteiger partial charge in [-0.3, -0.25) is 0 Å². The van der Waals surface area contributed by atoms with Crippen molar-refractivity contribution in [2.75, 3.05) is 37.5 Å². The van der Waals surface area contributed by atoms with Crippen LogP contribution in [-0.2, 0) is 4.74 Å². The van der Waals surface area contributed by atoms with Gasteiger partial charge in [-0.1, -0.05) is 6.92 Å². The molecule has 1 unspecified atom stereocenters. The van der Waals surface area contributed by atoms with Crippen LogP contribution in [0, 0.1) is 5.82 Å². The highest BCUT2D eigenvalue weighted by Gasteiger charge is 2.12. The molecule has 0 aliphatic carbocycles. The summed E-state index contributed by atoms with van der Waals surface area (Å²) < 4.78 is 18.4. The second-order valence-electron chi connectivity index (χ2n) is 3.80. The standard InChI is InChI=1S/C11H19FN4O2/c1-3-4-13-11-14-5-9(12)10(16-11)15-8(6-17)7-18-2/h5,8,17H,3-4,6-7H2,1-2H3,(H2,13,14,15,16). The second-order valence-corrected chi connectivity index (χ2v) is 3.80. The van der Waals surface area contributed by atoms with Gasteiger partial charge < -0.3 is 20.5 Å². The molecule has 3 N–H and O–H groups in total. The maximum atomic E-state index is 13.5. The molecule has 102 valence electrons. The fourth-order valence-electron chi connectivity index (χ4n) is 1.32. The average molecular weight is 258 g/mol. The molecule has 1 aromatic heterocycles. The minimum absolute atomic E-state index is 0.0553. The van der Waals surface area contributed by atoms with Crippen LogP contribution in [0.5, 0.6) is 0 Å². The normalized spacial score (nSPS) is 12.2. The van der Waals surface area contributed by atoms with Crippen LogP contribution in [0.2, 0.25) is 0 Å². The van der Waals surface area contributed by atoms with Crippen molar-refractivity contribution in [2.45, 2.75) is 19.4 Å². The maximum absolute atomic E-state index is 13.5. The summed E-state index contributed by atoms with van der Waals surface area (Å²) in [6.07, 6.45) is 2.01. The van der Waals surface area contributed by atoms with E-state index in [1.165, 1.54) is 7.11 Å². The topological polar surface area (TPSA) is 79.3 Å². The van der Waals surface area contributed by atoms with E-state index in [0.29, 0.717) is 12.5 Å². The second kappa shape index (κ2) is 7.78. The van der Waals surface area contributed by atoms with Gasteiger partial charge in [-0.25, -0.2) is 9.37 Å². The van der Waals surface area contributed by atoms with E-state index >= 15 is 0 Å². The highest BCUT2D eigenvalue weighted by molar-refractivity contribution is 5.41. The van der Waals surface area contributed by atoms with Crippen molar-refractivity contribution < 1.29 is 14.2 Å². The number of nitrogens with zero attached hydrogens (tertiary/aromatic N) is 2. The van der Waals surface area contributed by atoms with Crippen LogP contribution >= 0.6 is 0 Å². The Morgan fingerprint density at radius 2 is 2.33 bits per heavy atom. The van der Waals surface area contributed by atoms with Crippen LogP contribution in [0.1, 0.15) is 13.3 Å². The number of nitrogens with one attached hydrogen (secondary N) is 2. The largest absolute Gasteiger partial charge is 0.394 e. The third-order valence-electron chi connectivity index (χ3n) is 2.21. The van der Waals surface area contributed by atoms with Crippen LogP contribution < -0.4 is 10.6 Å². The summed E-state index contributed by atoms with van der Waals surface area (Å²) in [7, 11) is 1.51. The van der Waals surface area contributed by atoms with Crippen LogP contribution in [0.4, 0.5) is 16.2 Å². The number of hydrogen-bond acceptors (Lipinski definition) is 6. The Morgan fingerprint density at radius 1 is 1.56 bits per heavy atom. The highest BCUT2D eigenvalue weighted by Crippen LogP contribution is 2.13. The van der Waals surface area contributed by atoms with E-state index in [1.54, 1.807) is 0 Å². The van der Waals surface area contributed by atoms with Gasteiger partial charge in [-0.2, -0.15) is 4.98 Å². The van der Waals surface area contributed by atoms with Crippen LogP contribution in [0.25, 0.3) is 0 Å². The Kier molecular flexibility index (Phi) is 6.31. The summed E-state index contributed by atoms with van der Waals surface area (Å²) in [6.45, 7) is 2.81. The summed E-state index contributed by atoms with van der Waals surface area (Å²) in [5.74, 6) is -0.152. The van der Waals surface area contributed by atoms with Gasteiger partial charge in [0.05, 0.1) is 25.5 Å². The zero-order valence-electron chi connectivity index (χ0n) is 10.6. The van der Waals surface area contributed by atoms with Gasteiger partial charge in [-0.15, -0.1) is 0 Å². The van der Waals surface area contributed by atoms with Gasteiger partial charge in [0.15, 0.2) is 11.6 Å². The van der Waals surface area contributed by atoms with Gasteiger partial charge in [0.2, 0.25) is 5.95 Å². The third kappa shape index (κ3) is 4.42. The highest BCUT2D eigenvalue weighted by atomic mass is 19.1. The molecule has 0 amide bonds. The molecule has 0 saturated carbocycles. The predicted octanol–water partition coefficient (Wildman–Crippen LogP) is 0.857. The Hall–Kier alpha value is -1.47. The van der Waals surface area contributed by atoms with E-state index in [4.69, 9.17) is 9.84 Å². The molecule has 0 aliphatic rings. The Balaban J connectivity index is 2.73. The number of rotatable bonds is 8. The van der Waals surface area contributed by atoms with Crippen LogP contribution in [0.15, 0.2) is 6.20 Å². The van der Waals surface area contributed by atoms with Crippen molar-refractivity contribution in [3.8, 4) is 0 Å². The van der Waals surface area contributed by atoms with E-state index in [2.05, 4.69) is 20.6 Å². The minimum atomic E-state index is -0.563. The number of methoxy groups -OCH3 is 1. The van der Waals surface area contributed by atoms with E-state index in [-0.39, 0.29) is 19.0 Å². The smallest absolute Gasteiger partial charge is 0.224 e. The van der Waals surface area contributed by atoms with E-state index < -0.39 is 11.9 Å². The first kappa shape index (κ1) is 14.6. The molecule has 6 nitrogen and oxygen atoms in total. The lowest BCUT2D eigenvalue weighted by atomic mass is 10.3. The van der Waals surface area contributed by atoms with E-state index in [0.717, 1.165) is 12.6 Å². The molecule has 0 fully saturated rings. The number of hydrogen-bond donors (Lipinski definition) is 3. The van der Waals surface area contributed by atoms with Gasteiger partial charge in [0.25, 0.3) is 0 Å². The first-order valence-electron chi connectivity index (χ1n) is 5.84. The summed E-state index contributed by atoms with van der Waals surface area (Å²) in [5, 5.41) is 14.8. The third-order valence-corrected chi connectivity index (χ3v) is 2.21. The predicted molar refractivity (Wildman–Crippen MR) is 67.1 cm³/mol. The number of anilines is 2. The molecule has 1 aromatic rings. The van der Waals surface area contributed by atoms with Crippen molar-refractivity contribution >= 4 is 11.8 Å². The average Bonchev–Trinajstić information content (AvgIpc) is 2.38. The lowest BCUT2D eigenvalue weighted by Crippen LogP contribution is -2.29. The van der Waals surface area contributed by atoms with Crippen LogP contribution in [0.3, 0.4) is 0 Å². The zero-order chi connectivity index (χ0) is 13.4. The molecular formula is C11H19FN4O2. The summed E-state index contributed by atoms with van der Waals surface area (Å²) in [6, 6.07) is -0.404. The summed E-state index contributed by atoms with van der Waals surface area (Å²) >= 11 is 0. The monoisotopic (exact) mass is 258 g/mol. The van der Waals surface area contributed by atoms with Crippen molar-refractivity contribution in [1.82, 2.24) is 9.97 Å². The molecule has 7 heteroatoms. The molecule has 0 aromatic carbocycles. The van der Waals surface area contributed by atoms with Crippen LogP contribution in [-0.4, -0.2) is 48.0 Å². The first-order chi connectivity index (χ1) is 8.71. The first-order valence-corrected chi connectivity index (χ1v) is 5.84. The van der Waals surface area contributed by atoms with Crippen molar-refractivity contribution in [2.24, 2.45) is 0 Å². The fourth-order valence-corrected chi connectivity index (χ4v) is 1.32.